The molecule has 2 aliphatic rings. The molecular formula is C35H46N4O7. The number of fused-ring (bicyclic) bond motifs is 4. The van der Waals surface area contributed by atoms with Crippen molar-refractivity contribution in [3.8, 4) is 5.75 Å². The number of allylic oxidation sites excluding steroid dienone is 1. The zero-order chi connectivity index (χ0) is 33.2. The van der Waals surface area contributed by atoms with Crippen molar-refractivity contribution >= 4 is 29.8 Å². The summed E-state index contributed by atoms with van der Waals surface area (Å²) in [4.78, 5) is 54.0. The maximum absolute atomic E-state index is 14.0. The van der Waals surface area contributed by atoms with Crippen molar-refractivity contribution in [2.45, 2.75) is 89.6 Å². The van der Waals surface area contributed by atoms with E-state index < -0.39 is 42.0 Å². The van der Waals surface area contributed by atoms with Crippen molar-refractivity contribution in [2.24, 2.45) is 5.92 Å². The Labute approximate surface area is 270 Å². The van der Waals surface area contributed by atoms with Gasteiger partial charge in [-0.05, 0) is 73.4 Å². The van der Waals surface area contributed by atoms with Crippen molar-refractivity contribution in [3.63, 3.8) is 0 Å². The van der Waals surface area contributed by atoms with Gasteiger partial charge in [-0.15, -0.1) is 0 Å². The SMILES string of the molecule is COC1CCC=Cc2cccc(c2)C(C)OC(=O)C2CCCN(N2)C(=O)C(Cc2cccc(O)c2)NC(=O)C(C(C)C)NC(=O)C1. The topological polar surface area (TPSA) is 146 Å². The minimum Gasteiger partial charge on any atom is -0.508 e. The summed E-state index contributed by atoms with van der Waals surface area (Å²) in [6.07, 6.45) is 5.55. The van der Waals surface area contributed by atoms with Crippen LogP contribution in [0.5, 0.6) is 5.75 Å². The van der Waals surface area contributed by atoms with E-state index >= 15 is 0 Å². The molecule has 11 nitrogen and oxygen atoms in total. The first-order chi connectivity index (χ1) is 22.0. The number of ether oxygens (including phenoxy) is 2. The molecule has 1 fully saturated rings. The highest BCUT2D eigenvalue weighted by atomic mass is 16.5. The minimum atomic E-state index is -1.05. The van der Waals surface area contributed by atoms with Gasteiger partial charge in [0.05, 0.1) is 12.5 Å². The zero-order valence-corrected chi connectivity index (χ0v) is 27.0. The molecule has 2 heterocycles. The summed E-state index contributed by atoms with van der Waals surface area (Å²) in [5, 5.41) is 17.1. The summed E-state index contributed by atoms with van der Waals surface area (Å²) < 4.78 is 11.4. The molecule has 0 radical (unpaired) electrons. The largest absolute Gasteiger partial charge is 0.508 e. The van der Waals surface area contributed by atoms with Crippen LogP contribution in [0.3, 0.4) is 0 Å². The van der Waals surface area contributed by atoms with Gasteiger partial charge in [0, 0.05) is 20.1 Å². The number of amides is 3. The van der Waals surface area contributed by atoms with E-state index in [1.54, 1.807) is 19.2 Å². The van der Waals surface area contributed by atoms with Crippen molar-refractivity contribution in [3.05, 3.63) is 71.3 Å². The molecule has 0 saturated carbocycles. The highest BCUT2D eigenvalue weighted by Crippen LogP contribution is 2.22. The third kappa shape index (κ3) is 9.64. The Kier molecular flexibility index (Phi) is 12.3. The quantitative estimate of drug-likeness (QED) is 0.374. The van der Waals surface area contributed by atoms with Gasteiger partial charge in [-0.3, -0.25) is 24.2 Å². The lowest BCUT2D eigenvalue weighted by Crippen LogP contribution is -2.62. The number of aromatic hydroxyl groups is 1. The molecule has 2 aromatic rings. The number of phenolic OH excluding ortho intramolecular Hbond substituents is 1. The van der Waals surface area contributed by atoms with E-state index in [1.165, 1.54) is 17.1 Å². The molecule has 4 N–H and O–H groups in total. The van der Waals surface area contributed by atoms with Gasteiger partial charge in [0.1, 0.15) is 30.0 Å². The molecule has 0 aromatic heterocycles. The highest BCUT2D eigenvalue weighted by Gasteiger charge is 2.35. The Bertz CT molecular complexity index is 1410. The fourth-order valence-electron chi connectivity index (χ4n) is 5.70. The predicted octanol–water partition coefficient (Wildman–Crippen LogP) is 3.57. The second kappa shape index (κ2) is 16.4. The number of rotatable bonds is 4. The van der Waals surface area contributed by atoms with Gasteiger partial charge < -0.3 is 25.2 Å². The summed E-state index contributed by atoms with van der Waals surface area (Å²) in [6, 6.07) is 11.5. The molecule has 4 rings (SSSR count). The second-order valence-electron chi connectivity index (χ2n) is 12.3. The predicted molar refractivity (Wildman–Crippen MR) is 173 cm³/mol. The molecule has 5 unspecified atom stereocenters. The molecule has 5 atom stereocenters. The molecular weight excluding hydrogens is 588 g/mol. The van der Waals surface area contributed by atoms with Gasteiger partial charge in [0.2, 0.25) is 11.8 Å². The monoisotopic (exact) mass is 634 g/mol. The van der Waals surface area contributed by atoms with Gasteiger partial charge in [-0.1, -0.05) is 56.3 Å². The number of nitrogens with one attached hydrogen (secondary N) is 3. The van der Waals surface area contributed by atoms with Crippen molar-refractivity contribution in [1.82, 2.24) is 21.1 Å². The maximum Gasteiger partial charge on any atom is 0.325 e. The molecule has 2 aliphatic heterocycles. The van der Waals surface area contributed by atoms with Crippen molar-refractivity contribution in [2.75, 3.05) is 13.7 Å². The average Bonchev–Trinajstić information content (AvgIpc) is 3.04. The number of hydrogen-bond donors (Lipinski definition) is 4. The Balaban J connectivity index is 1.64. The fourth-order valence-corrected chi connectivity index (χ4v) is 5.70. The van der Waals surface area contributed by atoms with Crippen molar-refractivity contribution < 1.29 is 33.8 Å². The summed E-state index contributed by atoms with van der Waals surface area (Å²) in [5.41, 5.74) is 5.44. The van der Waals surface area contributed by atoms with Gasteiger partial charge in [0.25, 0.3) is 5.91 Å². The van der Waals surface area contributed by atoms with Gasteiger partial charge in [-0.2, -0.15) is 0 Å². The molecule has 46 heavy (non-hydrogen) atoms. The molecule has 2 aromatic carbocycles. The van der Waals surface area contributed by atoms with Crippen LogP contribution < -0.4 is 16.1 Å². The average molecular weight is 635 g/mol. The van der Waals surface area contributed by atoms with Crippen molar-refractivity contribution in [1.29, 1.82) is 0 Å². The third-order valence-electron chi connectivity index (χ3n) is 8.35. The Morgan fingerprint density at radius 2 is 1.83 bits per heavy atom. The highest BCUT2D eigenvalue weighted by molar-refractivity contribution is 5.92. The number of carbonyl (C=O) groups is 4. The number of hydrazine groups is 1. The summed E-state index contributed by atoms with van der Waals surface area (Å²) in [6.45, 7) is 5.77. The van der Waals surface area contributed by atoms with Gasteiger partial charge in [0.15, 0.2) is 0 Å². The number of cyclic esters (lactones) is 1. The first-order valence-electron chi connectivity index (χ1n) is 16.0. The molecule has 0 spiro atoms. The standard InChI is InChI=1S/C35H46N4O7/c1-22(2)32-33(42)36-30(20-25-12-8-14-27(40)19-25)34(43)39-17-9-16-29(38-39)35(44)46-23(3)26-13-7-11-24(18-26)10-5-6-15-28(45-4)21-31(41)37-32/h5,7-8,10-14,18-19,22-23,28-30,32,38,40H,6,9,15-17,20-21H2,1-4H3,(H,36,42)(H,37,41). The lowest BCUT2D eigenvalue weighted by Gasteiger charge is -2.36. The molecule has 3 amide bonds. The van der Waals surface area contributed by atoms with Crippen LogP contribution in [0.1, 0.15) is 75.7 Å². The Morgan fingerprint density at radius 1 is 1.04 bits per heavy atom. The van der Waals surface area contributed by atoms with Crippen LogP contribution in [-0.2, 0) is 35.1 Å². The van der Waals surface area contributed by atoms with Crippen LogP contribution in [0, 0.1) is 5.92 Å². The molecule has 248 valence electrons. The lowest BCUT2D eigenvalue weighted by molar-refractivity contribution is -0.157. The first kappa shape index (κ1) is 34.6. The van der Waals surface area contributed by atoms with Crippen LogP contribution in [-0.4, -0.2) is 71.7 Å². The van der Waals surface area contributed by atoms with Crippen LogP contribution >= 0.6 is 0 Å². The van der Waals surface area contributed by atoms with Gasteiger partial charge >= 0.3 is 5.97 Å². The minimum absolute atomic E-state index is 0.0313. The Morgan fingerprint density at radius 3 is 2.57 bits per heavy atom. The number of methoxy groups -OCH3 is 1. The summed E-state index contributed by atoms with van der Waals surface area (Å²) in [7, 11) is 1.56. The molecule has 11 heteroatoms. The number of esters is 1. The molecule has 1 saturated heterocycles. The number of phenols is 1. The number of benzene rings is 2. The fraction of sp³-hybridized carbons (Fsp3) is 0.486. The number of hydrogen-bond acceptors (Lipinski definition) is 8. The van der Waals surface area contributed by atoms with Crippen LogP contribution in [0.15, 0.2) is 54.6 Å². The zero-order valence-electron chi connectivity index (χ0n) is 27.0. The van der Waals surface area contributed by atoms with E-state index in [0.717, 1.165) is 11.1 Å². The van der Waals surface area contributed by atoms with E-state index in [9.17, 15) is 24.3 Å². The number of nitrogens with zero attached hydrogens (tertiary/aromatic N) is 1. The van der Waals surface area contributed by atoms with Crippen LogP contribution in [0.4, 0.5) is 0 Å². The third-order valence-corrected chi connectivity index (χ3v) is 8.35. The van der Waals surface area contributed by atoms with Gasteiger partial charge in [-0.25, -0.2) is 5.43 Å². The lowest BCUT2D eigenvalue weighted by atomic mass is 10.00. The normalized spacial score (nSPS) is 25.6. The van der Waals surface area contributed by atoms with E-state index in [0.29, 0.717) is 37.8 Å². The van der Waals surface area contributed by atoms with E-state index in [-0.39, 0.29) is 36.5 Å². The molecule has 0 aliphatic carbocycles. The number of carbonyl (C=O) groups excluding carboxylic acids is 4. The smallest absolute Gasteiger partial charge is 0.325 e. The summed E-state index contributed by atoms with van der Waals surface area (Å²) >= 11 is 0. The maximum atomic E-state index is 14.0. The Hall–Kier alpha value is -4.22. The second-order valence-corrected chi connectivity index (χ2v) is 12.3. The van der Waals surface area contributed by atoms with E-state index in [1.807, 2.05) is 57.2 Å². The van der Waals surface area contributed by atoms with E-state index in [4.69, 9.17) is 9.47 Å². The first-order valence-corrected chi connectivity index (χ1v) is 16.0. The summed E-state index contributed by atoms with van der Waals surface area (Å²) in [5.74, 6) is -2.01. The van der Waals surface area contributed by atoms with Crippen LogP contribution in [0.25, 0.3) is 6.08 Å². The molecule has 4 bridgehead atoms. The van der Waals surface area contributed by atoms with E-state index in [2.05, 4.69) is 16.1 Å². The van der Waals surface area contributed by atoms with Crippen LogP contribution in [0.2, 0.25) is 0 Å².